The molecule has 1 aromatic carbocycles. The summed E-state index contributed by atoms with van der Waals surface area (Å²) in [5, 5.41) is 7.56. The SMILES string of the molecule is COc1c(CNc2ccc(F)c(Cl)c2)c(C)nn1C. The van der Waals surface area contributed by atoms with Crippen LogP contribution in [-0.4, -0.2) is 16.9 Å². The molecule has 2 aromatic rings. The zero-order valence-corrected chi connectivity index (χ0v) is 11.8. The van der Waals surface area contributed by atoms with Gasteiger partial charge in [0.1, 0.15) is 5.82 Å². The van der Waals surface area contributed by atoms with Gasteiger partial charge in [-0.25, -0.2) is 9.07 Å². The van der Waals surface area contributed by atoms with Gasteiger partial charge in [-0.15, -0.1) is 0 Å². The first-order valence-corrected chi connectivity index (χ1v) is 6.16. The van der Waals surface area contributed by atoms with Gasteiger partial charge in [0.2, 0.25) is 5.88 Å². The molecule has 0 spiro atoms. The third kappa shape index (κ3) is 2.81. The van der Waals surface area contributed by atoms with E-state index in [1.54, 1.807) is 23.9 Å². The average Bonchev–Trinajstić information content (AvgIpc) is 2.64. The third-order valence-corrected chi connectivity index (χ3v) is 3.16. The van der Waals surface area contributed by atoms with Crippen LogP contribution in [0.4, 0.5) is 10.1 Å². The zero-order chi connectivity index (χ0) is 14.0. The van der Waals surface area contributed by atoms with Gasteiger partial charge in [0.05, 0.1) is 23.4 Å². The maximum absolute atomic E-state index is 13.1. The molecular weight excluding hydrogens is 269 g/mol. The number of benzene rings is 1. The van der Waals surface area contributed by atoms with Gasteiger partial charge in [-0.05, 0) is 25.1 Å². The van der Waals surface area contributed by atoms with Crippen molar-refractivity contribution in [2.45, 2.75) is 13.5 Å². The minimum atomic E-state index is -0.428. The van der Waals surface area contributed by atoms with Crippen molar-refractivity contribution in [2.75, 3.05) is 12.4 Å². The van der Waals surface area contributed by atoms with E-state index in [-0.39, 0.29) is 5.02 Å². The van der Waals surface area contributed by atoms with Crippen LogP contribution in [0.25, 0.3) is 0 Å². The summed E-state index contributed by atoms with van der Waals surface area (Å²) >= 11 is 5.73. The standard InChI is InChI=1S/C13H15ClFN3O/c1-8-10(13(19-3)18(2)17-8)7-16-9-4-5-12(15)11(14)6-9/h4-6,16H,7H2,1-3H3. The zero-order valence-electron chi connectivity index (χ0n) is 11.0. The number of aromatic nitrogens is 2. The summed E-state index contributed by atoms with van der Waals surface area (Å²) in [6, 6.07) is 4.52. The van der Waals surface area contributed by atoms with Gasteiger partial charge < -0.3 is 10.1 Å². The van der Waals surface area contributed by atoms with Gasteiger partial charge in [-0.1, -0.05) is 11.6 Å². The van der Waals surface area contributed by atoms with Crippen molar-refractivity contribution in [3.63, 3.8) is 0 Å². The van der Waals surface area contributed by atoms with Crippen LogP contribution in [-0.2, 0) is 13.6 Å². The van der Waals surface area contributed by atoms with E-state index < -0.39 is 5.82 Å². The van der Waals surface area contributed by atoms with Crippen molar-refractivity contribution in [3.8, 4) is 5.88 Å². The monoisotopic (exact) mass is 283 g/mol. The van der Waals surface area contributed by atoms with E-state index >= 15 is 0 Å². The Balaban J connectivity index is 2.16. The molecule has 0 atom stereocenters. The first-order valence-electron chi connectivity index (χ1n) is 5.78. The van der Waals surface area contributed by atoms with Crippen LogP contribution in [0, 0.1) is 12.7 Å². The highest BCUT2D eigenvalue weighted by atomic mass is 35.5. The Morgan fingerprint density at radius 1 is 1.47 bits per heavy atom. The Morgan fingerprint density at radius 3 is 2.84 bits per heavy atom. The minimum Gasteiger partial charge on any atom is -0.481 e. The molecule has 0 amide bonds. The fraction of sp³-hybridized carbons (Fsp3) is 0.308. The second-order valence-electron chi connectivity index (χ2n) is 4.18. The number of rotatable bonds is 4. The fourth-order valence-electron chi connectivity index (χ4n) is 1.94. The number of methoxy groups -OCH3 is 1. The van der Waals surface area contributed by atoms with E-state index in [1.807, 2.05) is 14.0 Å². The topological polar surface area (TPSA) is 39.1 Å². The fourth-order valence-corrected chi connectivity index (χ4v) is 2.12. The predicted molar refractivity (Wildman–Crippen MR) is 73.2 cm³/mol. The van der Waals surface area contributed by atoms with Crippen molar-refractivity contribution >= 4 is 17.3 Å². The van der Waals surface area contributed by atoms with Crippen molar-refractivity contribution in [1.82, 2.24) is 9.78 Å². The highest BCUT2D eigenvalue weighted by molar-refractivity contribution is 6.31. The number of nitrogens with one attached hydrogen (secondary N) is 1. The molecular formula is C13H15ClFN3O. The quantitative estimate of drug-likeness (QED) is 0.937. The third-order valence-electron chi connectivity index (χ3n) is 2.87. The Bertz CT molecular complexity index is 598. The largest absolute Gasteiger partial charge is 0.481 e. The first kappa shape index (κ1) is 13.7. The van der Waals surface area contributed by atoms with Gasteiger partial charge in [0.15, 0.2) is 0 Å². The van der Waals surface area contributed by atoms with Gasteiger partial charge in [-0.2, -0.15) is 5.10 Å². The van der Waals surface area contributed by atoms with Crippen LogP contribution >= 0.6 is 11.6 Å². The van der Waals surface area contributed by atoms with Crippen molar-refractivity contribution in [1.29, 1.82) is 0 Å². The van der Waals surface area contributed by atoms with Crippen LogP contribution in [0.3, 0.4) is 0 Å². The molecule has 0 unspecified atom stereocenters. The van der Waals surface area contributed by atoms with Crippen LogP contribution in [0.5, 0.6) is 5.88 Å². The smallest absolute Gasteiger partial charge is 0.216 e. The Morgan fingerprint density at radius 2 is 2.21 bits per heavy atom. The Hall–Kier alpha value is -1.75. The average molecular weight is 284 g/mol. The number of hydrogen-bond donors (Lipinski definition) is 1. The summed E-state index contributed by atoms with van der Waals surface area (Å²) in [6.45, 7) is 2.45. The molecule has 19 heavy (non-hydrogen) atoms. The van der Waals surface area contributed by atoms with Crippen LogP contribution in [0.1, 0.15) is 11.3 Å². The maximum atomic E-state index is 13.1. The van der Waals surface area contributed by atoms with Gasteiger partial charge in [0, 0.05) is 19.3 Å². The predicted octanol–water partition coefficient (Wildman–Crippen LogP) is 3.14. The molecule has 1 heterocycles. The van der Waals surface area contributed by atoms with E-state index in [4.69, 9.17) is 16.3 Å². The Labute approximate surface area is 116 Å². The summed E-state index contributed by atoms with van der Waals surface area (Å²) < 4.78 is 20.0. The number of hydrogen-bond acceptors (Lipinski definition) is 3. The molecule has 0 saturated carbocycles. The molecule has 0 aliphatic rings. The molecule has 2 rings (SSSR count). The second-order valence-corrected chi connectivity index (χ2v) is 4.59. The number of ether oxygens (including phenoxy) is 1. The van der Waals surface area contributed by atoms with E-state index in [0.29, 0.717) is 12.4 Å². The number of aryl methyl sites for hydroxylation is 2. The highest BCUT2D eigenvalue weighted by Gasteiger charge is 2.13. The van der Waals surface area contributed by atoms with E-state index in [1.165, 1.54) is 6.07 Å². The maximum Gasteiger partial charge on any atom is 0.216 e. The van der Waals surface area contributed by atoms with Crippen molar-refractivity contribution in [2.24, 2.45) is 7.05 Å². The summed E-state index contributed by atoms with van der Waals surface area (Å²) in [5.74, 6) is 0.278. The number of halogens is 2. The summed E-state index contributed by atoms with van der Waals surface area (Å²) in [7, 11) is 3.43. The molecule has 4 nitrogen and oxygen atoms in total. The molecule has 1 aromatic heterocycles. The Kier molecular flexibility index (Phi) is 3.95. The molecule has 1 N–H and O–H groups in total. The molecule has 0 saturated heterocycles. The lowest BCUT2D eigenvalue weighted by Crippen LogP contribution is -2.03. The highest BCUT2D eigenvalue weighted by Crippen LogP contribution is 2.24. The van der Waals surface area contributed by atoms with Crippen LogP contribution < -0.4 is 10.1 Å². The number of anilines is 1. The van der Waals surface area contributed by atoms with Gasteiger partial charge in [-0.3, -0.25) is 0 Å². The van der Waals surface area contributed by atoms with Crippen LogP contribution in [0.2, 0.25) is 5.02 Å². The van der Waals surface area contributed by atoms with Gasteiger partial charge >= 0.3 is 0 Å². The lowest BCUT2D eigenvalue weighted by molar-refractivity contribution is 0.370. The van der Waals surface area contributed by atoms with E-state index in [0.717, 1.165) is 16.9 Å². The molecule has 0 bridgehead atoms. The molecule has 0 aliphatic heterocycles. The lowest BCUT2D eigenvalue weighted by Gasteiger charge is -2.08. The molecule has 0 aliphatic carbocycles. The second kappa shape index (κ2) is 5.48. The molecule has 102 valence electrons. The summed E-state index contributed by atoms with van der Waals surface area (Å²) in [5.41, 5.74) is 2.60. The molecule has 6 heteroatoms. The number of nitrogens with zero attached hydrogens (tertiary/aromatic N) is 2. The minimum absolute atomic E-state index is 0.0971. The van der Waals surface area contributed by atoms with E-state index in [9.17, 15) is 4.39 Å². The first-order chi connectivity index (χ1) is 9.02. The molecule has 0 fully saturated rings. The van der Waals surface area contributed by atoms with E-state index in [2.05, 4.69) is 10.4 Å². The summed E-state index contributed by atoms with van der Waals surface area (Å²) in [4.78, 5) is 0. The lowest BCUT2D eigenvalue weighted by atomic mass is 10.2. The van der Waals surface area contributed by atoms with Crippen LogP contribution in [0.15, 0.2) is 18.2 Å². The van der Waals surface area contributed by atoms with Crippen molar-refractivity contribution in [3.05, 3.63) is 40.3 Å². The van der Waals surface area contributed by atoms with Crippen molar-refractivity contribution < 1.29 is 9.13 Å². The summed E-state index contributed by atoms with van der Waals surface area (Å²) in [6.07, 6.45) is 0. The normalized spacial score (nSPS) is 10.6. The molecule has 0 radical (unpaired) electrons. The van der Waals surface area contributed by atoms with Gasteiger partial charge in [0.25, 0.3) is 0 Å².